The zero-order valence-electron chi connectivity index (χ0n) is 28.1. The van der Waals surface area contributed by atoms with E-state index in [0.717, 1.165) is 24.8 Å². The van der Waals surface area contributed by atoms with Crippen molar-refractivity contribution in [3.8, 4) is 46.0 Å². The molecule has 0 aliphatic carbocycles. The fourth-order valence-corrected chi connectivity index (χ4v) is 6.08. The molecule has 262 valence electrons. The SMILES string of the molecule is COc1ccccc1Oc1c(NS(=O)(=O)c2ccc(C(C)(C)C)cc2)nc(-c2ccnc(-c3nnn[nH]3)c2)nc1OCCOC1CCCCO1. The van der Waals surface area contributed by atoms with Gasteiger partial charge in [-0.1, -0.05) is 45.0 Å². The monoisotopic (exact) mass is 702 g/mol. The highest BCUT2D eigenvalue weighted by Crippen LogP contribution is 2.42. The van der Waals surface area contributed by atoms with Gasteiger partial charge in [0, 0.05) is 18.4 Å². The van der Waals surface area contributed by atoms with Crippen LogP contribution in [0.4, 0.5) is 5.82 Å². The number of hydrogen-bond acceptors (Lipinski definition) is 13. The molecule has 0 saturated carbocycles. The summed E-state index contributed by atoms with van der Waals surface area (Å²) in [5, 5.41) is 13.9. The number of methoxy groups -OCH3 is 1. The molecule has 6 rings (SSSR count). The Morgan fingerprint density at radius 2 is 1.80 bits per heavy atom. The van der Waals surface area contributed by atoms with Crippen LogP contribution in [0.1, 0.15) is 45.6 Å². The second-order valence-corrected chi connectivity index (χ2v) is 14.0. The van der Waals surface area contributed by atoms with E-state index in [1.165, 1.54) is 13.3 Å². The topological polar surface area (TPSA) is 185 Å². The van der Waals surface area contributed by atoms with Crippen molar-refractivity contribution in [3.05, 3.63) is 72.4 Å². The lowest BCUT2D eigenvalue weighted by Gasteiger charge is -2.23. The predicted molar refractivity (Wildman–Crippen MR) is 182 cm³/mol. The molecule has 4 heterocycles. The van der Waals surface area contributed by atoms with Crippen molar-refractivity contribution in [3.63, 3.8) is 0 Å². The first-order valence-corrected chi connectivity index (χ1v) is 17.5. The van der Waals surface area contributed by atoms with Crippen LogP contribution in [0, 0.1) is 0 Å². The van der Waals surface area contributed by atoms with E-state index < -0.39 is 10.0 Å². The quantitative estimate of drug-likeness (QED) is 0.146. The summed E-state index contributed by atoms with van der Waals surface area (Å²) >= 11 is 0. The lowest BCUT2D eigenvalue weighted by Crippen LogP contribution is -2.24. The van der Waals surface area contributed by atoms with Crippen molar-refractivity contribution in [2.45, 2.75) is 56.6 Å². The minimum Gasteiger partial charge on any atom is -0.493 e. The van der Waals surface area contributed by atoms with Crippen molar-refractivity contribution in [1.82, 2.24) is 35.6 Å². The third-order valence-corrected chi connectivity index (χ3v) is 9.10. The molecular formula is C34H38N8O7S. The molecule has 3 aromatic heterocycles. The molecular weight excluding hydrogens is 664 g/mol. The van der Waals surface area contributed by atoms with Crippen LogP contribution < -0.4 is 18.9 Å². The number of aromatic nitrogens is 7. The maximum atomic E-state index is 13.9. The lowest BCUT2D eigenvalue weighted by molar-refractivity contribution is -0.165. The Labute approximate surface area is 289 Å². The lowest BCUT2D eigenvalue weighted by atomic mass is 9.87. The summed E-state index contributed by atoms with van der Waals surface area (Å²) in [5.74, 6) is 0.799. The molecule has 2 aromatic carbocycles. The number of para-hydroxylation sites is 2. The van der Waals surface area contributed by atoms with Crippen molar-refractivity contribution in [1.29, 1.82) is 0 Å². The molecule has 15 nitrogen and oxygen atoms in total. The number of nitrogens with zero attached hydrogens (tertiary/aromatic N) is 6. The summed E-state index contributed by atoms with van der Waals surface area (Å²) < 4.78 is 60.0. The molecule has 5 aromatic rings. The molecule has 2 N–H and O–H groups in total. The maximum Gasteiger partial charge on any atom is 0.263 e. The van der Waals surface area contributed by atoms with Crippen molar-refractivity contribution in [2.24, 2.45) is 0 Å². The second kappa shape index (κ2) is 15.1. The van der Waals surface area contributed by atoms with Crippen LogP contribution >= 0.6 is 0 Å². The predicted octanol–water partition coefficient (Wildman–Crippen LogP) is 5.54. The number of tetrazole rings is 1. The van der Waals surface area contributed by atoms with Gasteiger partial charge >= 0.3 is 0 Å². The Morgan fingerprint density at radius 3 is 2.50 bits per heavy atom. The molecule has 1 aliphatic rings. The van der Waals surface area contributed by atoms with Crippen LogP contribution in [0.3, 0.4) is 0 Å². The highest BCUT2D eigenvalue weighted by Gasteiger charge is 2.26. The van der Waals surface area contributed by atoms with E-state index in [1.807, 2.05) is 0 Å². The first-order chi connectivity index (χ1) is 24.1. The minimum absolute atomic E-state index is 0.0290. The number of hydrogen-bond donors (Lipinski definition) is 2. The summed E-state index contributed by atoms with van der Waals surface area (Å²) in [7, 11) is -2.70. The first kappa shape index (κ1) is 34.7. The van der Waals surface area contributed by atoms with Crippen LogP contribution in [0.25, 0.3) is 22.9 Å². The van der Waals surface area contributed by atoms with Crippen LogP contribution in [0.2, 0.25) is 0 Å². The Hall–Kier alpha value is -5.19. The second-order valence-electron chi connectivity index (χ2n) is 12.4. The van der Waals surface area contributed by atoms with Gasteiger partial charge < -0.3 is 23.7 Å². The Kier molecular flexibility index (Phi) is 10.5. The van der Waals surface area contributed by atoms with Gasteiger partial charge in [-0.15, -0.1) is 5.10 Å². The van der Waals surface area contributed by atoms with Crippen molar-refractivity contribution < 1.29 is 32.1 Å². The zero-order valence-corrected chi connectivity index (χ0v) is 28.9. The maximum absolute atomic E-state index is 13.9. The molecule has 16 heteroatoms. The van der Waals surface area contributed by atoms with Crippen molar-refractivity contribution in [2.75, 3.05) is 31.7 Å². The number of benzene rings is 2. The van der Waals surface area contributed by atoms with Gasteiger partial charge in [0.25, 0.3) is 15.9 Å². The van der Waals surface area contributed by atoms with Crippen LogP contribution in [0.15, 0.2) is 71.8 Å². The molecule has 1 atom stereocenters. The summed E-state index contributed by atoms with van der Waals surface area (Å²) in [6, 6.07) is 16.9. The van der Waals surface area contributed by atoms with E-state index in [-0.39, 0.29) is 58.8 Å². The number of rotatable bonds is 13. The minimum atomic E-state index is -4.20. The average Bonchev–Trinajstić information content (AvgIpc) is 3.67. The number of anilines is 1. The van der Waals surface area contributed by atoms with E-state index in [1.54, 1.807) is 60.7 Å². The first-order valence-electron chi connectivity index (χ1n) is 16.0. The summed E-state index contributed by atoms with van der Waals surface area (Å²) in [4.78, 5) is 13.7. The van der Waals surface area contributed by atoms with Gasteiger partial charge in [0.1, 0.15) is 12.3 Å². The van der Waals surface area contributed by atoms with E-state index in [2.05, 4.69) is 56.1 Å². The Bertz CT molecular complexity index is 2000. The third-order valence-electron chi connectivity index (χ3n) is 7.75. The zero-order chi connectivity index (χ0) is 35.1. The standard InChI is InChI=1S/C34H38N8O7S/c1-34(2,3)23-12-14-24(15-13-23)50(43,44)40-32-29(49-27-10-6-5-9-26(27)45-4)33(48-20-19-47-28-11-7-8-18-46-28)37-30(36-32)22-16-17-35-25(21-22)31-38-41-42-39-31/h5-6,9-10,12-17,21,28H,7-8,11,18-20H2,1-4H3,(H,36,37,40)(H,38,39,41,42). The fraction of sp³-hybridized carbons (Fsp3) is 0.353. The van der Waals surface area contributed by atoms with Gasteiger partial charge in [-0.3, -0.25) is 9.71 Å². The van der Waals surface area contributed by atoms with Gasteiger partial charge in [0.15, 0.2) is 35.3 Å². The summed E-state index contributed by atoms with van der Waals surface area (Å²) in [5.41, 5.74) is 1.70. The Morgan fingerprint density at radius 1 is 1.00 bits per heavy atom. The number of aromatic amines is 1. The van der Waals surface area contributed by atoms with Crippen LogP contribution in [-0.2, 0) is 24.9 Å². The summed E-state index contributed by atoms with van der Waals surface area (Å²) in [6.45, 7) is 7.02. The smallest absolute Gasteiger partial charge is 0.263 e. The van der Waals surface area contributed by atoms with Gasteiger partial charge in [0.05, 0.1) is 18.6 Å². The van der Waals surface area contributed by atoms with Gasteiger partial charge in [0.2, 0.25) is 5.75 Å². The van der Waals surface area contributed by atoms with E-state index in [9.17, 15) is 8.42 Å². The highest BCUT2D eigenvalue weighted by molar-refractivity contribution is 7.92. The van der Waals surface area contributed by atoms with Crippen molar-refractivity contribution >= 4 is 15.8 Å². The number of ether oxygens (including phenoxy) is 5. The highest BCUT2D eigenvalue weighted by atomic mass is 32.2. The fourth-order valence-electron chi connectivity index (χ4n) is 5.08. The molecule has 1 saturated heterocycles. The summed E-state index contributed by atoms with van der Waals surface area (Å²) in [6.07, 6.45) is 4.00. The molecule has 0 radical (unpaired) electrons. The van der Waals surface area contributed by atoms with E-state index in [4.69, 9.17) is 28.7 Å². The van der Waals surface area contributed by atoms with Gasteiger partial charge in [-0.25, -0.2) is 18.5 Å². The Balaban J connectivity index is 1.43. The molecule has 0 spiro atoms. The third kappa shape index (κ3) is 8.33. The molecule has 0 bridgehead atoms. The molecule has 50 heavy (non-hydrogen) atoms. The molecule has 1 fully saturated rings. The number of pyridine rings is 1. The molecule has 1 unspecified atom stereocenters. The molecule has 0 amide bonds. The largest absolute Gasteiger partial charge is 0.493 e. The number of H-pyrrole nitrogens is 1. The number of nitrogens with one attached hydrogen (secondary N) is 2. The van der Waals surface area contributed by atoms with Gasteiger partial charge in [-0.2, -0.15) is 4.98 Å². The van der Waals surface area contributed by atoms with Crippen LogP contribution in [-0.4, -0.2) is 77.2 Å². The normalized spacial score (nSPS) is 15.0. The average molecular weight is 703 g/mol. The van der Waals surface area contributed by atoms with Gasteiger partial charge in [-0.05, 0) is 77.1 Å². The number of sulfonamides is 1. The van der Waals surface area contributed by atoms with E-state index in [0.29, 0.717) is 29.4 Å². The molecule has 1 aliphatic heterocycles. The van der Waals surface area contributed by atoms with Crippen LogP contribution in [0.5, 0.6) is 23.1 Å². The van der Waals surface area contributed by atoms with E-state index >= 15 is 0 Å².